The average molecular weight is 407 g/mol. The van der Waals surface area contributed by atoms with Gasteiger partial charge in [-0.15, -0.1) is 11.3 Å². The second kappa shape index (κ2) is 7.99. The fraction of sp³-hybridized carbons (Fsp3) is 0.235. The molecule has 3 heterocycles. The van der Waals surface area contributed by atoms with Crippen LogP contribution in [0.3, 0.4) is 0 Å². The standard InChI is InChI=1S/C17H17N3O5S2/c1-12-4-2-8-20-14(21)10-13(19-17(12)20)11-25-15(22)6-7-18-27(23,24)16-5-3-9-26-16/h2-5,8-10,18H,6-7,11H2,1H3. The molecule has 0 bridgehead atoms. The molecule has 0 aliphatic heterocycles. The third-order valence-corrected chi connectivity index (χ3v) is 6.56. The first-order valence-corrected chi connectivity index (χ1v) is 10.4. The van der Waals surface area contributed by atoms with Gasteiger partial charge in [-0.25, -0.2) is 18.1 Å². The van der Waals surface area contributed by atoms with E-state index in [2.05, 4.69) is 9.71 Å². The second-order valence-corrected chi connectivity index (χ2v) is 8.65. The number of sulfonamides is 1. The van der Waals surface area contributed by atoms with Gasteiger partial charge in [-0.2, -0.15) is 0 Å². The highest BCUT2D eigenvalue weighted by Gasteiger charge is 2.15. The van der Waals surface area contributed by atoms with Crippen molar-refractivity contribution >= 4 is 33.0 Å². The molecule has 0 amide bonds. The van der Waals surface area contributed by atoms with Gasteiger partial charge in [-0.3, -0.25) is 14.0 Å². The summed E-state index contributed by atoms with van der Waals surface area (Å²) in [6.07, 6.45) is 1.49. The van der Waals surface area contributed by atoms with Gasteiger partial charge in [0.1, 0.15) is 16.5 Å². The van der Waals surface area contributed by atoms with E-state index in [0.717, 1.165) is 16.9 Å². The molecule has 0 aliphatic carbocycles. The Morgan fingerprint density at radius 1 is 1.33 bits per heavy atom. The monoisotopic (exact) mass is 407 g/mol. The number of aromatic nitrogens is 2. The van der Waals surface area contributed by atoms with Gasteiger partial charge in [0.05, 0.1) is 12.1 Å². The molecule has 8 nitrogen and oxygen atoms in total. The predicted molar refractivity (Wildman–Crippen MR) is 100 cm³/mol. The Balaban J connectivity index is 1.56. The predicted octanol–water partition coefficient (Wildman–Crippen LogP) is 1.48. The molecule has 0 atom stereocenters. The van der Waals surface area contributed by atoms with Crippen molar-refractivity contribution in [3.63, 3.8) is 0 Å². The minimum absolute atomic E-state index is 0.0774. The molecule has 0 unspecified atom stereocenters. The lowest BCUT2D eigenvalue weighted by Crippen LogP contribution is -2.26. The van der Waals surface area contributed by atoms with Crippen LogP contribution >= 0.6 is 11.3 Å². The normalized spacial score (nSPS) is 11.6. The molecule has 10 heteroatoms. The van der Waals surface area contributed by atoms with Gasteiger partial charge in [0, 0.05) is 18.8 Å². The van der Waals surface area contributed by atoms with Gasteiger partial charge in [0.25, 0.3) is 5.56 Å². The number of thiophene rings is 1. The van der Waals surface area contributed by atoms with Crippen molar-refractivity contribution in [1.82, 2.24) is 14.1 Å². The van der Waals surface area contributed by atoms with Crippen LogP contribution in [-0.2, 0) is 26.2 Å². The first-order chi connectivity index (χ1) is 12.9. The fourth-order valence-electron chi connectivity index (χ4n) is 2.38. The third kappa shape index (κ3) is 4.59. The zero-order valence-electron chi connectivity index (χ0n) is 14.4. The summed E-state index contributed by atoms with van der Waals surface area (Å²) < 4.78 is 32.9. The summed E-state index contributed by atoms with van der Waals surface area (Å²) >= 11 is 1.09. The lowest BCUT2D eigenvalue weighted by molar-refractivity contribution is -0.144. The smallest absolute Gasteiger partial charge is 0.307 e. The molecule has 0 fully saturated rings. The second-order valence-electron chi connectivity index (χ2n) is 5.71. The van der Waals surface area contributed by atoms with Crippen molar-refractivity contribution in [3.8, 4) is 0 Å². The van der Waals surface area contributed by atoms with Crippen molar-refractivity contribution in [2.24, 2.45) is 0 Å². The highest BCUT2D eigenvalue weighted by Crippen LogP contribution is 2.15. The maximum atomic E-state index is 12.1. The summed E-state index contributed by atoms with van der Waals surface area (Å²) in [7, 11) is -3.61. The van der Waals surface area contributed by atoms with E-state index < -0.39 is 16.0 Å². The first kappa shape index (κ1) is 19.2. The molecular formula is C17H17N3O5S2. The van der Waals surface area contributed by atoms with E-state index >= 15 is 0 Å². The number of aryl methyl sites for hydroxylation is 1. The van der Waals surface area contributed by atoms with Crippen LogP contribution in [0.1, 0.15) is 17.7 Å². The minimum Gasteiger partial charge on any atom is -0.459 e. The Hall–Kier alpha value is -2.56. The number of carbonyl (C=O) groups is 1. The molecule has 0 aromatic carbocycles. The van der Waals surface area contributed by atoms with E-state index in [0.29, 0.717) is 11.3 Å². The zero-order valence-corrected chi connectivity index (χ0v) is 16.0. The largest absolute Gasteiger partial charge is 0.459 e. The molecule has 0 saturated carbocycles. The van der Waals surface area contributed by atoms with Crippen LogP contribution < -0.4 is 10.3 Å². The summed E-state index contributed by atoms with van der Waals surface area (Å²) in [5.41, 5.74) is 1.39. The van der Waals surface area contributed by atoms with Crippen LogP contribution in [-0.4, -0.2) is 30.3 Å². The summed E-state index contributed by atoms with van der Waals surface area (Å²) in [5, 5.41) is 1.66. The minimum atomic E-state index is -3.61. The van der Waals surface area contributed by atoms with Crippen LogP contribution in [0.4, 0.5) is 0 Å². The van der Waals surface area contributed by atoms with Gasteiger partial charge in [0.15, 0.2) is 0 Å². The molecule has 3 aromatic heterocycles. The van der Waals surface area contributed by atoms with Crippen molar-refractivity contribution in [1.29, 1.82) is 0 Å². The molecule has 142 valence electrons. The first-order valence-electron chi connectivity index (χ1n) is 8.03. The van der Waals surface area contributed by atoms with Gasteiger partial charge < -0.3 is 4.74 Å². The van der Waals surface area contributed by atoms with E-state index in [9.17, 15) is 18.0 Å². The number of pyridine rings is 1. The van der Waals surface area contributed by atoms with Crippen molar-refractivity contribution in [2.45, 2.75) is 24.2 Å². The van der Waals surface area contributed by atoms with Gasteiger partial charge in [0.2, 0.25) is 10.0 Å². The maximum Gasteiger partial charge on any atom is 0.307 e. The van der Waals surface area contributed by atoms with E-state index in [1.807, 2.05) is 13.0 Å². The Labute approximate surface area is 159 Å². The van der Waals surface area contributed by atoms with E-state index in [1.54, 1.807) is 23.7 Å². The molecule has 0 saturated heterocycles. The molecule has 3 aromatic rings. The summed E-state index contributed by atoms with van der Waals surface area (Å²) in [6.45, 7) is 1.60. The van der Waals surface area contributed by atoms with Gasteiger partial charge in [-0.1, -0.05) is 12.1 Å². The molecule has 1 N–H and O–H groups in total. The molecular weight excluding hydrogens is 390 g/mol. The van der Waals surface area contributed by atoms with Crippen LogP contribution in [0.25, 0.3) is 5.65 Å². The van der Waals surface area contributed by atoms with Gasteiger partial charge in [-0.05, 0) is 30.0 Å². The van der Waals surface area contributed by atoms with E-state index in [-0.39, 0.29) is 29.3 Å². The van der Waals surface area contributed by atoms with Crippen LogP contribution in [0.2, 0.25) is 0 Å². The average Bonchev–Trinajstić information content (AvgIpc) is 3.16. The number of esters is 1. The quantitative estimate of drug-likeness (QED) is 0.595. The number of nitrogens with zero attached hydrogens (tertiary/aromatic N) is 2. The molecule has 27 heavy (non-hydrogen) atoms. The lowest BCUT2D eigenvalue weighted by Gasteiger charge is -2.08. The number of ether oxygens (including phenoxy) is 1. The summed E-state index contributed by atoms with van der Waals surface area (Å²) in [4.78, 5) is 28.3. The Kier molecular flexibility index (Phi) is 5.68. The highest BCUT2D eigenvalue weighted by molar-refractivity contribution is 7.91. The Morgan fingerprint density at radius 3 is 2.89 bits per heavy atom. The number of carbonyl (C=O) groups excluding carboxylic acids is 1. The number of fused-ring (bicyclic) bond motifs is 1. The number of hydrogen-bond donors (Lipinski definition) is 1. The van der Waals surface area contributed by atoms with Crippen molar-refractivity contribution in [2.75, 3.05) is 6.54 Å². The number of nitrogens with one attached hydrogen (secondary N) is 1. The molecule has 0 spiro atoms. The summed E-state index contributed by atoms with van der Waals surface area (Å²) in [5.74, 6) is -0.587. The van der Waals surface area contributed by atoms with Crippen molar-refractivity contribution in [3.05, 3.63) is 63.5 Å². The maximum absolute atomic E-state index is 12.1. The highest BCUT2D eigenvalue weighted by atomic mass is 32.2. The van der Waals surface area contributed by atoms with E-state index in [4.69, 9.17) is 4.74 Å². The Morgan fingerprint density at radius 2 is 2.15 bits per heavy atom. The Bertz CT molecular complexity index is 1120. The number of rotatable bonds is 7. The van der Waals surface area contributed by atoms with E-state index in [1.165, 1.54) is 16.5 Å². The lowest BCUT2D eigenvalue weighted by atomic mass is 10.3. The molecule has 3 rings (SSSR count). The zero-order chi connectivity index (χ0) is 19.4. The van der Waals surface area contributed by atoms with Crippen LogP contribution in [0.15, 0.2) is 50.9 Å². The third-order valence-electron chi connectivity index (χ3n) is 3.70. The SMILES string of the molecule is Cc1cccn2c(=O)cc(COC(=O)CCNS(=O)(=O)c3cccs3)nc12. The fourth-order valence-corrected chi connectivity index (χ4v) is 4.45. The van der Waals surface area contributed by atoms with Crippen LogP contribution in [0.5, 0.6) is 0 Å². The van der Waals surface area contributed by atoms with Crippen molar-refractivity contribution < 1.29 is 17.9 Å². The number of hydrogen-bond acceptors (Lipinski definition) is 7. The molecule has 0 radical (unpaired) electrons. The topological polar surface area (TPSA) is 107 Å². The van der Waals surface area contributed by atoms with Crippen LogP contribution in [0, 0.1) is 6.92 Å². The molecule has 0 aliphatic rings. The van der Waals surface area contributed by atoms with Gasteiger partial charge >= 0.3 is 5.97 Å². The summed E-state index contributed by atoms with van der Waals surface area (Å²) in [6, 6.07) is 8.00.